The molecular formula is C14H18F3N. The minimum Gasteiger partial charge on any atom is -0.310 e. The highest BCUT2D eigenvalue weighted by Gasteiger charge is 2.19. The van der Waals surface area contributed by atoms with Crippen LogP contribution in [0.4, 0.5) is 13.2 Å². The van der Waals surface area contributed by atoms with E-state index in [9.17, 15) is 13.2 Å². The molecule has 0 aromatic heterocycles. The number of hydrogen-bond acceptors (Lipinski definition) is 1. The Morgan fingerprint density at radius 3 is 2.50 bits per heavy atom. The van der Waals surface area contributed by atoms with E-state index in [1.807, 2.05) is 13.8 Å². The molecule has 0 aliphatic rings. The van der Waals surface area contributed by atoms with Crippen LogP contribution >= 0.6 is 0 Å². The van der Waals surface area contributed by atoms with Crippen LogP contribution in [0.2, 0.25) is 0 Å². The number of benzene rings is 1. The molecule has 0 radical (unpaired) electrons. The molecule has 0 saturated carbocycles. The zero-order chi connectivity index (χ0) is 13.7. The zero-order valence-electron chi connectivity index (χ0n) is 10.7. The molecule has 100 valence electrons. The zero-order valence-corrected chi connectivity index (χ0v) is 10.7. The average molecular weight is 257 g/mol. The Kier molecular flexibility index (Phi) is 5.41. The van der Waals surface area contributed by atoms with Gasteiger partial charge >= 0.3 is 0 Å². The Balaban J connectivity index is 2.98. The summed E-state index contributed by atoms with van der Waals surface area (Å²) in [6.07, 6.45) is 1.31. The van der Waals surface area contributed by atoms with E-state index in [1.54, 1.807) is 0 Å². The minimum atomic E-state index is -1.41. The SMILES string of the molecule is C=C(C)CCC(NCC)c1ccc(F)c(F)c1F. The van der Waals surface area contributed by atoms with E-state index in [-0.39, 0.29) is 11.6 Å². The molecule has 1 N–H and O–H groups in total. The Bertz CT molecular complexity index is 429. The normalized spacial score (nSPS) is 12.5. The van der Waals surface area contributed by atoms with Gasteiger partial charge in [-0.15, -0.1) is 6.58 Å². The third-order valence-corrected chi connectivity index (χ3v) is 2.75. The quantitative estimate of drug-likeness (QED) is 0.597. The molecule has 0 heterocycles. The van der Waals surface area contributed by atoms with E-state index in [4.69, 9.17) is 0 Å². The molecule has 1 atom stereocenters. The molecule has 1 aromatic rings. The van der Waals surface area contributed by atoms with E-state index >= 15 is 0 Å². The lowest BCUT2D eigenvalue weighted by Crippen LogP contribution is -2.22. The number of halogens is 3. The maximum atomic E-state index is 13.7. The average Bonchev–Trinajstić information content (AvgIpc) is 2.32. The summed E-state index contributed by atoms with van der Waals surface area (Å²) in [7, 11) is 0. The van der Waals surface area contributed by atoms with Crippen molar-refractivity contribution in [2.24, 2.45) is 0 Å². The molecule has 0 aliphatic carbocycles. The topological polar surface area (TPSA) is 12.0 Å². The van der Waals surface area contributed by atoms with Gasteiger partial charge in [0, 0.05) is 11.6 Å². The molecule has 0 spiro atoms. The molecule has 1 aromatic carbocycles. The highest BCUT2D eigenvalue weighted by Crippen LogP contribution is 2.25. The maximum absolute atomic E-state index is 13.7. The van der Waals surface area contributed by atoms with Crippen molar-refractivity contribution < 1.29 is 13.2 Å². The fraction of sp³-hybridized carbons (Fsp3) is 0.429. The molecule has 0 aliphatic heterocycles. The van der Waals surface area contributed by atoms with E-state index < -0.39 is 17.5 Å². The first-order valence-electron chi connectivity index (χ1n) is 5.98. The van der Waals surface area contributed by atoms with E-state index in [1.165, 1.54) is 6.07 Å². The predicted molar refractivity (Wildman–Crippen MR) is 66.8 cm³/mol. The number of rotatable bonds is 6. The molecule has 0 amide bonds. The van der Waals surface area contributed by atoms with Gasteiger partial charge in [0.15, 0.2) is 17.5 Å². The first-order chi connectivity index (χ1) is 8.47. The van der Waals surface area contributed by atoms with E-state index in [0.717, 1.165) is 11.6 Å². The maximum Gasteiger partial charge on any atom is 0.194 e. The van der Waals surface area contributed by atoms with Gasteiger partial charge in [-0.3, -0.25) is 0 Å². The molecule has 1 unspecified atom stereocenters. The Labute approximate surface area is 106 Å². The number of nitrogens with one attached hydrogen (secondary N) is 1. The van der Waals surface area contributed by atoms with Crippen molar-refractivity contribution in [3.05, 3.63) is 47.3 Å². The smallest absolute Gasteiger partial charge is 0.194 e. The molecule has 0 bridgehead atoms. The summed E-state index contributed by atoms with van der Waals surface area (Å²) in [5, 5.41) is 3.07. The fourth-order valence-corrected chi connectivity index (χ4v) is 1.81. The minimum absolute atomic E-state index is 0.164. The second-order valence-electron chi connectivity index (χ2n) is 4.37. The fourth-order valence-electron chi connectivity index (χ4n) is 1.81. The summed E-state index contributed by atoms with van der Waals surface area (Å²) in [6, 6.07) is 1.92. The largest absolute Gasteiger partial charge is 0.310 e. The first kappa shape index (κ1) is 14.8. The van der Waals surface area contributed by atoms with E-state index in [2.05, 4.69) is 11.9 Å². The summed E-state index contributed by atoms with van der Waals surface area (Å²) in [6.45, 7) is 8.16. The predicted octanol–water partition coefficient (Wildman–Crippen LogP) is 4.11. The van der Waals surface area contributed by atoms with Crippen molar-refractivity contribution in [1.29, 1.82) is 0 Å². The molecule has 1 rings (SSSR count). The lowest BCUT2D eigenvalue weighted by molar-refractivity contribution is 0.419. The van der Waals surface area contributed by atoms with Crippen molar-refractivity contribution in [3.63, 3.8) is 0 Å². The Hall–Kier alpha value is -1.29. The highest BCUT2D eigenvalue weighted by molar-refractivity contribution is 5.24. The lowest BCUT2D eigenvalue weighted by atomic mass is 9.99. The van der Waals surface area contributed by atoms with Crippen LogP contribution < -0.4 is 5.32 Å². The molecule has 18 heavy (non-hydrogen) atoms. The van der Waals surface area contributed by atoms with Gasteiger partial charge in [-0.05, 0) is 32.4 Å². The number of hydrogen-bond donors (Lipinski definition) is 1. The summed E-state index contributed by atoms with van der Waals surface area (Å²) in [4.78, 5) is 0. The van der Waals surface area contributed by atoms with Gasteiger partial charge in [-0.1, -0.05) is 18.6 Å². The van der Waals surface area contributed by atoms with Gasteiger partial charge in [-0.25, -0.2) is 13.2 Å². The van der Waals surface area contributed by atoms with Crippen LogP contribution in [-0.4, -0.2) is 6.54 Å². The standard InChI is InChI=1S/C14H18F3N/c1-4-18-12(8-5-9(2)3)10-6-7-11(15)14(17)13(10)16/h6-7,12,18H,2,4-5,8H2,1,3H3. The second-order valence-corrected chi connectivity index (χ2v) is 4.37. The lowest BCUT2D eigenvalue weighted by Gasteiger charge is -2.19. The van der Waals surface area contributed by atoms with Gasteiger partial charge in [0.05, 0.1) is 0 Å². The van der Waals surface area contributed by atoms with Crippen LogP contribution in [0, 0.1) is 17.5 Å². The van der Waals surface area contributed by atoms with E-state index in [0.29, 0.717) is 19.4 Å². The summed E-state index contributed by atoms with van der Waals surface area (Å²) in [5.41, 5.74) is 1.14. The molecule has 0 saturated heterocycles. The highest BCUT2D eigenvalue weighted by atomic mass is 19.2. The van der Waals surface area contributed by atoms with Crippen LogP contribution in [0.3, 0.4) is 0 Å². The second kappa shape index (κ2) is 6.59. The van der Waals surface area contributed by atoms with Crippen LogP contribution in [-0.2, 0) is 0 Å². The van der Waals surface area contributed by atoms with Crippen LogP contribution in [0.5, 0.6) is 0 Å². The van der Waals surface area contributed by atoms with Crippen molar-refractivity contribution in [3.8, 4) is 0 Å². The van der Waals surface area contributed by atoms with Crippen molar-refractivity contribution in [2.75, 3.05) is 6.54 Å². The van der Waals surface area contributed by atoms with Crippen LogP contribution in [0.25, 0.3) is 0 Å². The third kappa shape index (κ3) is 3.60. The van der Waals surface area contributed by atoms with Crippen LogP contribution in [0.15, 0.2) is 24.3 Å². The summed E-state index contributed by atoms with van der Waals surface area (Å²) in [5.74, 6) is -3.68. The van der Waals surface area contributed by atoms with Gasteiger partial charge in [0.1, 0.15) is 0 Å². The van der Waals surface area contributed by atoms with Gasteiger partial charge in [-0.2, -0.15) is 0 Å². The molecular weight excluding hydrogens is 239 g/mol. The molecule has 4 heteroatoms. The van der Waals surface area contributed by atoms with Crippen molar-refractivity contribution in [1.82, 2.24) is 5.32 Å². The van der Waals surface area contributed by atoms with Crippen LogP contribution in [0.1, 0.15) is 38.3 Å². The summed E-state index contributed by atoms with van der Waals surface area (Å²) < 4.78 is 39.8. The Morgan fingerprint density at radius 1 is 1.28 bits per heavy atom. The van der Waals surface area contributed by atoms with Crippen molar-refractivity contribution >= 4 is 0 Å². The van der Waals surface area contributed by atoms with Gasteiger partial charge in [0.2, 0.25) is 0 Å². The van der Waals surface area contributed by atoms with Gasteiger partial charge < -0.3 is 5.32 Å². The molecule has 0 fully saturated rings. The number of allylic oxidation sites excluding steroid dienone is 1. The first-order valence-corrected chi connectivity index (χ1v) is 5.98. The summed E-state index contributed by atoms with van der Waals surface area (Å²) >= 11 is 0. The van der Waals surface area contributed by atoms with Crippen molar-refractivity contribution in [2.45, 2.75) is 32.7 Å². The molecule has 1 nitrogen and oxygen atoms in total. The monoisotopic (exact) mass is 257 g/mol. The third-order valence-electron chi connectivity index (χ3n) is 2.75. The Morgan fingerprint density at radius 2 is 1.94 bits per heavy atom. The van der Waals surface area contributed by atoms with Gasteiger partial charge in [0.25, 0.3) is 0 Å².